The molecule has 6 rings (SSSR count). The van der Waals surface area contributed by atoms with Crippen LogP contribution in [0.2, 0.25) is 0 Å². The zero-order valence-electron chi connectivity index (χ0n) is 27.0. The third-order valence-electron chi connectivity index (χ3n) is 7.98. The van der Waals surface area contributed by atoms with Crippen molar-refractivity contribution >= 4 is 27.6 Å². The first-order valence-corrected chi connectivity index (χ1v) is 14.4. The number of methoxy groups -OCH3 is 2. The lowest BCUT2D eigenvalue weighted by atomic mass is 9.98. The SMILES string of the molecule is COC1C=C(C)C(=O)c2nc(C)[nH]c21.COc1cc(C)c(C)c2c(=O)cc(C)[nH]c12.Cc1cc(=O)c2ccc(C)c(C)c2[nH]1. The maximum absolute atomic E-state index is 12.0. The van der Waals surface area contributed by atoms with E-state index in [1.165, 1.54) is 5.56 Å². The number of ether oxygens (including phenoxy) is 2. The fraction of sp³-hybridized carbons (Fsp3) is 0.314. The highest BCUT2D eigenvalue weighted by molar-refractivity contribution is 6.09. The molecule has 0 amide bonds. The number of aromatic nitrogens is 4. The number of carbonyl (C=O) groups is 1. The maximum Gasteiger partial charge on any atom is 0.208 e. The summed E-state index contributed by atoms with van der Waals surface area (Å²) in [7, 11) is 3.23. The van der Waals surface area contributed by atoms with Gasteiger partial charge in [-0.2, -0.15) is 0 Å². The highest BCUT2D eigenvalue weighted by Crippen LogP contribution is 2.29. The number of fused-ring (bicyclic) bond motifs is 3. The Hall–Kier alpha value is -4.76. The van der Waals surface area contributed by atoms with Gasteiger partial charge in [0.25, 0.3) is 0 Å². The van der Waals surface area contributed by atoms with Crippen LogP contribution in [0.4, 0.5) is 0 Å². The molecule has 44 heavy (non-hydrogen) atoms. The van der Waals surface area contributed by atoms with Crippen LogP contribution >= 0.6 is 0 Å². The van der Waals surface area contributed by atoms with Gasteiger partial charge >= 0.3 is 0 Å². The Labute approximate surface area is 256 Å². The summed E-state index contributed by atoms with van der Waals surface area (Å²) in [6.45, 7) is 15.4. The molecule has 5 aromatic rings. The number of nitrogens with one attached hydrogen (secondary N) is 3. The van der Waals surface area contributed by atoms with Crippen molar-refractivity contribution in [3.05, 3.63) is 113 Å². The van der Waals surface area contributed by atoms with Gasteiger partial charge in [-0.25, -0.2) is 4.98 Å². The van der Waals surface area contributed by atoms with Crippen LogP contribution in [-0.2, 0) is 4.74 Å². The number of pyridine rings is 2. The predicted molar refractivity (Wildman–Crippen MR) is 175 cm³/mol. The van der Waals surface area contributed by atoms with Crippen molar-refractivity contribution in [1.29, 1.82) is 0 Å². The minimum atomic E-state index is -0.177. The van der Waals surface area contributed by atoms with Crippen LogP contribution in [0.5, 0.6) is 5.75 Å². The zero-order chi connectivity index (χ0) is 32.5. The number of allylic oxidation sites excluding steroid dienone is 1. The number of rotatable bonds is 2. The number of aromatic amines is 3. The molecule has 0 spiro atoms. The smallest absolute Gasteiger partial charge is 0.208 e. The summed E-state index contributed by atoms with van der Waals surface area (Å²) >= 11 is 0. The molecule has 0 fully saturated rings. The molecule has 3 aromatic heterocycles. The van der Waals surface area contributed by atoms with E-state index >= 15 is 0 Å². The van der Waals surface area contributed by atoms with Crippen molar-refractivity contribution in [1.82, 2.24) is 19.9 Å². The van der Waals surface area contributed by atoms with Gasteiger partial charge in [-0.15, -0.1) is 0 Å². The van der Waals surface area contributed by atoms with Crippen molar-refractivity contribution in [2.45, 2.75) is 61.5 Å². The van der Waals surface area contributed by atoms with Crippen LogP contribution < -0.4 is 15.6 Å². The molecule has 1 atom stereocenters. The summed E-state index contributed by atoms with van der Waals surface area (Å²) in [4.78, 5) is 48.9. The van der Waals surface area contributed by atoms with E-state index in [0.29, 0.717) is 11.3 Å². The van der Waals surface area contributed by atoms with Crippen LogP contribution in [0, 0.1) is 48.5 Å². The number of benzene rings is 2. The van der Waals surface area contributed by atoms with E-state index in [2.05, 4.69) is 26.9 Å². The Kier molecular flexibility index (Phi) is 9.39. The first kappa shape index (κ1) is 32.2. The molecule has 1 unspecified atom stereocenters. The molecule has 1 aliphatic rings. The van der Waals surface area contributed by atoms with E-state index in [-0.39, 0.29) is 22.7 Å². The standard InChI is InChI=1S/C13H15NO2.C12H13NO.C10H12N2O2/c1-7-5-11(16-4)13-12(9(7)3)10(15)6-8(2)14-13;1-7-4-5-10-11(14)6-8(2)13-12(10)9(7)3;1-5-4-7(14-3)8-9(10(5)13)12-6(2)11-8/h5-6H,1-4H3,(H,14,15);4-6H,1-3H3,(H,13,14);4,7H,1-3H3,(H,11,12). The lowest BCUT2D eigenvalue weighted by Crippen LogP contribution is -2.15. The molecule has 1 aliphatic carbocycles. The molecule has 0 radical (unpaired) electrons. The Morgan fingerprint density at radius 1 is 0.727 bits per heavy atom. The predicted octanol–water partition coefficient (Wildman–Crippen LogP) is 6.46. The molecular formula is C35H40N4O5. The lowest BCUT2D eigenvalue weighted by Gasteiger charge is -2.16. The topological polar surface area (TPSA) is 130 Å². The number of carbonyl (C=O) groups excluding carboxylic acids is 1. The summed E-state index contributed by atoms with van der Waals surface area (Å²) in [6, 6.07) is 9.08. The fourth-order valence-electron chi connectivity index (χ4n) is 5.32. The van der Waals surface area contributed by atoms with Crippen molar-refractivity contribution in [3.8, 4) is 5.75 Å². The van der Waals surface area contributed by atoms with Crippen LogP contribution in [0.1, 0.15) is 68.7 Å². The molecule has 0 saturated heterocycles. The molecule has 3 N–H and O–H groups in total. The van der Waals surface area contributed by atoms with Gasteiger partial charge in [-0.1, -0.05) is 6.07 Å². The molecular weight excluding hydrogens is 556 g/mol. The molecule has 230 valence electrons. The molecule has 9 heteroatoms. The second kappa shape index (κ2) is 12.9. The quantitative estimate of drug-likeness (QED) is 0.214. The number of hydrogen-bond donors (Lipinski definition) is 3. The van der Waals surface area contributed by atoms with E-state index in [9.17, 15) is 14.4 Å². The summed E-state index contributed by atoms with van der Waals surface area (Å²) in [6.07, 6.45) is 1.63. The Morgan fingerprint density at radius 2 is 1.36 bits per heavy atom. The van der Waals surface area contributed by atoms with Gasteiger partial charge in [0.2, 0.25) is 5.78 Å². The van der Waals surface area contributed by atoms with E-state index in [1.54, 1.807) is 33.3 Å². The molecule has 2 aromatic carbocycles. The van der Waals surface area contributed by atoms with Crippen LogP contribution in [0.3, 0.4) is 0 Å². The van der Waals surface area contributed by atoms with Gasteiger partial charge in [-0.3, -0.25) is 14.4 Å². The van der Waals surface area contributed by atoms with Crippen molar-refractivity contribution < 1.29 is 14.3 Å². The molecule has 0 aliphatic heterocycles. The van der Waals surface area contributed by atoms with Gasteiger partial charge in [0.05, 0.1) is 29.2 Å². The number of Topliss-reactive ketones (excluding diaryl/α,β-unsaturated/α-hetero) is 1. The van der Waals surface area contributed by atoms with Gasteiger partial charge < -0.3 is 24.4 Å². The Balaban J connectivity index is 0.000000151. The van der Waals surface area contributed by atoms with Gasteiger partial charge in [0.15, 0.2) is 10.9 Å². The number of imidazole rings is 1. The number of nitrogens with zero attached hydrogens (tertiary/aromatic N) is 1. The van der Waals surface area contributed by atoms with Crippen molar-refractivity contribution in [2.24, 2.45) is 0 Å². The molecule has 3 heterocycles. The maximum atomic E-state index is 12.0. The first-order chi connectivity index (χ1) is 20.8. The highest BCUT2D eigenvalue weighted by atomic mass is 16.5. The van der Waals surface area contributed by atoms with Crippen LogP contribution in [0.15, 0.2) is 51.6 Å². The van der Waals surface area contributed by atoms with Crippen molar-refractivity contribution in [2.75, 3.05) is 14.2 Å². The average molecular weight is 597 g/mol. The normalized spacial score (nSPS) is 13.9. The number of hydrogen-bond acceptors (Lipinski definition) is 6. The van der Waals surface area contributed by atoms with E-state index in [0.717, 1.165) is 67.2 Å². The third kappa shape index (κ3) is 6.28. The minimum absolute atomic E-state index is 0.0161. The minimum Gasteiger partial charge on any atom is -0.495 e. The van der Waals surface area contributed by atoms with Crippen molar-refractivity contribution in [3.63, 3.8) is 0 Å². The summed E-state index contributed by atoms with van der Waals surface area (Å²) < 4.78 is 10.6. The molecule has 0 bridgehead atoms. The highest BCUT2D eigenvalue weighted by Gasteiger charge is 2.28. The van der Waals surface area contributed by atoms with Crippen LogP contribution in [-0.4, -0.2) is 39.9 Å². The second-order valence-corrected chi connectivity index (χ2v) is 11.3. The zero-order valence-corrected chi connectivity index (χ0v) is 27.0. The number of aryl methyl sites for hydroxylation is 7. The average Bonchev–Trinajstić information content (AvgIpc) is 3.37. The number of H-pyrrole nitrogens is 3. The number of ketones is 1. The fourth-order valence-corrected chi connectivity index (χ4v) is 5.32. The van der Waals surface area contributed by atoms with Crippen LogP contribution in [0.25, 0.3) is 21.8 Å². The first-order valence-electron chi connectivity index (χ1n) is 14.4. The van der Waals surface area contributed by atoms with E-state index in [1.807, 2.05) is 65.8 Å². The van der Waals surface area contributed by atoms with Gasteiger partial charge in [0.1, 0.15) is 23.4 Å². The third-order valence-corrected chi connectivity index (χ3v) is 7.98. The summed E-state index contributed by atoms with van der Waals surface area (Å²) in [5, 5.41) is 1.50. The Morgan fingerprint density at radius 3 is 2.00 bits per heavy atom. The van der Waals surface area contributed by atoms with Gasteiger partial charge in [0, 0.05) is 36.0 Å². The van der Waals surface area contributed by atoms with Gasteiger partial charge in [-0.05, 0) is 101 Å². The molecule has 0 saturated carbocycles. The summed E-state index contributed by atoms with van der Waals surface area (Å²) in [5.74, 6) is 1.45. The molecule has 9 nitrogen and oxygen atoms in total. The largest absolute Gasteiger partial charge is 0.495 e. The Bertz CT molecular complexity index is 2050. The summed E-state index contributed by atoms with van der Waals surface area (Å²) in [5.41, 5.74) is 10.1. The second-order valence-electron chi connectivity index (χ2n) is 11.3. The monoisotopic (exact) mass is 596 g/mol. The van der Waals surface area contributed by atoms with E-state index < -0.39 is 0 Å². The van der Waals surface area contributed by atoms with E-state index in [4.69, 9.17) is 9.47 Å². The lowest BCUT2D eigenvalue weighted by molar-refractivity contribution is 0.0986.